The minimum Gasteiger partial charge on any atom is -0.481 e. The molecule has 1 amide bonds. The Morgan fingerprint density at radius 1 is 1.10 bits per heavy atom. The molecule has 0 aliphatic heterocycles. The van der Waals surface area contributed by atoms with Gasteiger partial charge in [-0.1, -0.05) is 44.4 Å². The zero-order valence-corrected chi connectivity index (χ0v) is 19.3. The van der Waals surface area contributed by atoms with Crippen LogP contribution in [0, 0.1) is 6.92 Å². The molecule has 0 spiro atoms. The van der Waals surface area contributed by atoms with E-state index in [9.17, 15) is 13.2 Å². The predicted octanol–water partition coefficient (Wildman–Crippen LogP) is 4.57. The first-order valence-electron chi connectivity index (χ1n) is 11.0. The zero-order chi connectivity index (χ0) is 22.4. The summed E-state index contributed by atoms with van der Waals surface area (Å²) in [6, 6.07) is 12.1. The van der Waals surface area contributed by atoms with Gasteiger partial charge in [0.05, 0.1) is 10.6 Å². The van der Waals surface area contributed by atoms with Crippen LogP contribution in [0.1, 0.15) is 57.1 Å². The summed E-state index contributed by atoms with van der Waals surface area (Å²) in [4.78, 5) is 12.5. The average Bonchev–Trinajstić information content (AvgIpc) is 2.76. The maximum Gasteiger partial charge on any atom is 0.261 e. The standard InChI is InChI=1S/C24H32N2O4S/c1-4-19-10-8-9-17(2)23(19)26-31(28,29)22-15-13-21(14-16-22)30-18(3)24(27)25-20-11-6-5-7-12-20/h8-10,13-16,18,20,26H,4-7,11-12H2,1-3H3,(H,25,27)/t18-/m0/s1. The number of para-hydroxylation sites is 1. The van der Waals surface area contributed by atoms with Crippen LogP contribution in [0.3, 0.4) is 0 Å². The second-order valence-electron chi connectivity index (χ2n) is 8.14. The van der Waals surface area contributed by atoms with Gasteiger partial charge in [0.15, 0.2) is 6.10 Å². The van der Waals surface area contributed by atoms with Crippen molar-refractivity contribution in [1.82, 2.24) is 5.32 Å². The molecule has 0 heterocycles. The van der Waals surface area contributed by atoms with Crippen molar-refractivity contribution in [3.8, 4) is 5.75 Å². The fourth-order valence-corrected chi connectivity index (χ4v) is 5.06. The van der Waals surface area contributed by atoms with Crippen LogP contribution in [0.25, 0.3) is 0 Å². The molecule has 3 rings (SSSR count). The van der Waals surface area contributed by atoms with Gasteiger partial charge >= 0.3 is 0 Å². The molecule has 6 nitrogen and oxygen atoms in total. The normalized spacial score (nSPS) is 15.8. The third-order valence-corrected chi connectivity index (χ3v) is 7.11. The number of sulfonamides is 1. The molecule has 31 heavy (non-hydrogen) atoms. The van der Waals surface area contributed by atoms with Gasteiger partial charge in [-0.2, -0.15) is 0 Å². The van der Waals surface area contributed by atoms with Gasteiger partial charge in [0, 0.05) is 6.04 Å². The van der Waals surface area contributed by atoms with Crippen LogP contribution in [-0.2, 0) is 21.2 Å². The lowest BCUT2D eigenvalue weighted by Gasteiger charge is -2.24. The van der Waals surface area contributed by atoms with Gasteiger partial charge in [-0.05, 0) is 68.5 Å². The molecule has 168 valence electrons. The number of benzene rings is 2. The summed E-state index contributed by atoms with van der Waals surface area (Å²) in [7, 11) is -3.73. The number of ether oxygens (including phenoxy) is 1. The average molecular weight is 445 g/mol. The first-order valence-corrected chi connectivity index (χ1v) is 12.5. The summed E-state index contributed by atoms with van der Waals surface area (Å²) in [5.74, 6) is 0.312. The largest absolute Gasteiger partial charge is 0.481 e. The maximum atomic E-state index is 12.9. The SMILES string of the molecule is CCc1cccc(C)c1NS(=O)(=O)c1ccc(O[C@@H](C)C(=O)NC2CCCCC2)cc1. The summed E-state index contributed by atoms with van der Waals surface area (Å²) in [6.45, 7) is 5.58. The maximum absolute atomic E-state index is 12.9. The van der Waals surface area contributed by atoms with Crippen LogP contribution in [0.2, 0.25) is 0 Å². The minimum atomic E-state index is -3.73. The number of hydrogen-bond donors (Lipinski definition) is 2. The van der Waals surface area contributed by atoms with E-state index in [2.05, 4.69) is 10.0 Å². The molecule has 1 aliphatic rings. The van der Waals surface area contributed by atoms with Crippen LogP contribution < -0.4 is 14.8 Å². The number of rotatable bonds is 8. The lowest BCUT2D eigenvalue weighted by Crippen LogP contribution is -2.43. The van der Waals surface area contributed by atoms with Crippen molar-refractivity contribution in [3.05, 3.63) is 53.6 Å². The molecule has 2 N–H and O–H groups in total. The smallest absolute Gasteiger partial charge is 0.261 e. The quantitative estimate of drug-likeness (QED) is 0.624. The monoisotopic (exact) mass is 444 g/mol. The van der Waals surface area contributed by atoms with Crippen molar-refractivity contribution in [2.75, 3.05) is 4.72 Å². The lowest BCUT2D eigenvalue weighted by atomic mass is 9.95. The summed E-state index contributed by atoms with van der Waals surface area (Å²) in [5, 5.41) is 3.05. The number of carbonyl (C=O) groups excluding carboxylic acids is 1. The summed E-state index contributed by atoms with van der Waals surface area (Å²) in [6.07, 6.45) is 5.62. The van der Waals surface area contributed by atoms with E-state index in [-0.39, 0.29) is 16.8 Å². The molecule has 0 bridgehead atoms. The third kappa shape index (κ3) is 6.00. The van der Waals surface area contributed by atoms with Crippen molar-refractivity contribution < 1.29 is 17.9 Å². The summed E-state index contributed by atoms with van der Waals surface area (Å²) < 4.78 is 34.2. The third-order valence-electron chi connectivity index (χ3n) is 5.74. The highest BCUT2D eigenvalue weighted by Crippen LogP contribution is 2.26. The van der Waals surface area contributed by atoms with Crippen molar-refractivity contribution in [1.29, 1.82) is 0 Å². The number of amides is 1. The van der Waals surface area contributed by atoms with Gasteiger partial charge in [-0.3, -0.25) is 9.52 Å². The Kier molecular flexibility index (Phi) is 7.59. The second kappa shape index (κ2) is 10.2. The van der Waals surface area contributed by atoms with E-state index >= 15 is 0 Å². The van der Waals surface area contributed by atoms with E-state index in [0.717, 1.165) is 43.2 Å². The Bertz CT molecular complexity index is 997. The Morgan fingerprint density at radius 3 is 2.42 bits per heavy atom. The number of anilines is 1. The molecule has 0 radical (unpaired) electrons. The number of aryl methyl sites for hydroxylation is 2. The highest BCUT2D eigenvalue weighted by molar-refractivity contribution is 7.92. The van der Waals surface area contributed by atoms with Crippen LogP contribution in [-0.4, -0.2) is 26.5 Å². The summed E-state index contributed by atoms with van der Waals surface area (Å²) >= 11 is 0. The second-order valence-corrected chi connectivity index (χ2v) is 9.83. The Labute approximate surface area is 185 Å². The number of hydrogen-bond acceptors (Lipinski definition) is 4. The molecule has 2 aromatic rings. The van der Waals surface area contributed by atoms with E-state index in [1.54, 1.807) is 19.1 Å². The Balaban J connectivity index is 1.64. The van der Waals surface area contributed by atoms with Crippen molar-refractivity contribution in [3.63, 3.8) is 0 Å². The van der Waals surface area contributed by atoms with Gasteiger partial charge in [0.2, 0.25) is 0 Å². The molecular formula is C24H32N2O4S. The first kappa shape index (κ1) is 23.1. The van der Waals surface area contributed by atoms with Gasteiger partial charge in [0.1, 0.15) is 5.75 Å². The molecule has 1 saturated carbocycles. The number of carbonyl (C=O) groups is 1. The molecule has 7 heteroatoms. The van der Waals surface area contributed by atoms with Crippen LogP contribution >= 0.6 is 0 Å². The fraction of sp³-hybridized carbons (Fsp3) is 0.458. The van der Waals surface area contributed by atoms with Crippen LogP contribution in [0.4, 0.5) is 5.69 Å². The molecular weight excluding hydrogens is 412 g/mol. The van der Waals surface area contributed by atoms with E-state index in [1.807, 2.05) is 32.0 Å². The molecule has 0 saturated heterocycles. The highest BCUT2D eigenvalue weighted by atomic mass is 32.2. The molecule has 1 atom stereocenters. The van der Waals surface area contributed by atoms with Gasteiger partial charge in [-0.15, -0.1) is 0 Å². The van der Waals surface area contributed by atoms with Gasteiger partial charge in [-0.25, -0.2) is 8.42 Å². The molecule has 1 aliphatic carbocycles. The van der Waals surface area contributed by atoms with Gasteiger partial charge in [0.25, 0.3) is 15.9 Å². The van der Waals surface area contributed by atoms with E-state index in [1.165, 1.54) is 18.6 Å². The van der Waals surface area contributed by atoms with Crippen LogP contribution in [0.15, 0.2) is 47.4 Å². The predicted molar refractivity (Wildman–Crippen MR) is 123 cm³/mol. The van der Waals surface area contributed by atoms with E-state index in [0.29, 0.717) is 11.4 Å². The van der Waals surface area contributed by atoms with E-state index in [4.69, 9.17) is 4.74 Å². The molecule has 1 fully saturated rings. The highest BCUT2D eigenvalue weighted by Gasteiger charge is 2.21. The first-order chi connectivity index (χ1) is 14.8. The van der Waals surface area contributed by atoms with Crippen molar-refractivity contribution >= 4 is 21.6 Å². The van der Waals surface area contributed by atoms with Crippen molar-refractivity contribution in [2.45, 2.75) is 76.3 Å². The zero-order valence-electron chi connectivity index (χ0n) is 18.5. The Morgan fingerprint density at radius 2 is 1.77 bits per heavy atom. The molecule has 0 unspecified atom stereocenters. The van der Waals surface area contributed by atoms with Crippen LogP contribution in [0.5, 0.6) is 5.75 Å². The number of nitrogens with one attached hydrogen (secondary N) is 2. The molecule has 0 aromatic heterocycles. The van der Waals surface area contributed by atoms with E-state index < -0.39 is 16.1 Å². The fourth-order valence-electron chi connectivity index (χ4n) is 3.88. The summed E-state index contributed by atoms with van der Waals surface area (Å²) in [5.41, 5.74) is 2.44. The molecule has 2 aromatic carbocycles. The van der Waals surface area contributed by atoms with Crippen molar-refractivity contribution in [2.24, 2.45) is 0 Å². The Hall–Kier alpha value is -2.54. The van der Waals surface area contributed by atoms with Gasteiger partial charge < -0.3 is 10.1 Å². The minimum absolute atomic E-state index is 0.142. The topological polar surface area (TPSA) is 84.5 Å². The lowest BCUT2D eigenvalue weighted by molar-refractivity contribution is -0.128.